The number of hydrogen-bond acceptors (Lipinski definition) is 7. The van der Waals surface area contributed by atoms with Gasteiger partial charge in [0.1, 0.15) is 5.82 Å². The molecule has 0 bridgehead atoms. The van der Waals surface area contributed by atoms with Gasteiger partial charge < -0.3 is 15.0 Å². The highest BCUT2D eigenvalue weighted by molar-refractivity contribution is 7.98. The van der Waals surface area contributed by atoms with Gasteiger partial charge in [-0.05, 0) is 42.0 Å². The molecule has 0 fully saturated rings. The van der Waals surface area contributed by atoms with Gasteiger partial charge in [0.25, 0.3) is 5.56 Å². The van der Waals surface area contributed by atoms with E-state index in [-0.39, 0.29) is 16.8 Å². The summed E-state index contributed by atoms with van der Waals surface area (Å²) in [6.07, 6.45) is 1.07. The van der Waals surface area contributed by atoms with Gasteiger partial charge in [0.15, 0.2) is 10.9 Å². The number of ether oxygens (including phenoxy) is 1. The summed E-state index contributed by atoms with van der Waals surface area (Å²) in [4.78, 5) is 46.6. The number of aromatic nitrogens is 2. The van der Waals surface area contributed by atoms with Crippen LogP contribution >= 0.6 is 11.8 Å². The Balaban J connectivity index is 1.56. The fourth-order valence-electron chi connectivity index (χ4n) is 5.06. The molecule has 1 aliphatic carbocycles. The van der Waals surface area contributed by atoms with Crippen LogP contribution in [-0.2, 0) is 15.3 Å². The average molecular weight is 516 g/mol. The molecule has 1 atom stereocenters. The fraction of sp³-hybridized carbons (Fsp3) is 0.310. The largest absolute Gasteiger partial charge is 0.465 e. The van der Waals surface area contributed by atoms with Crippen LogP contribution in [0, 0.1) is 12.3 Å². The van der Waals surface area contributed by atoms with E-state index in [4.69, 9.17) is 9.72 Å². The van der Waals surface area contributed by atoms with Crippen molar-refractivity contribution in [2.24, 2.45) is 5.41 Å². The Morgan fingerprint density at radius 1 is 1.08 bits per heavy atom. The number of rotatable bonds is 5. The maximum absolute atomic E-state index is 13.5. The van der Waals surface area contributed by atoms with Gasteiger partial charge in [0.2, 0.25) is 0 Å². The number of hydrogen-bond donors (Lipinski definition) is 2. The van der Waals surface area contributed by atoms with Crippen LogP contribution in [0.5, 0.6) is 0 Å². The van der Waals surface area contributed by atoms with Crippen molar-refractivity contribution in [2.75, 3.05) is 12.4 Å². The summed E-state index contributed by atoms with van der Waals surface area (Å²) in [5.41, 5.74) is 4.82. The predicted molar refractivity (Wildman–Crippen MR) is 144 cm³/mol. The van der Waals surface area contributed by atoms with Gasteiger partial charge in [-0.15, -0.1) is 0 Å². The number of methoxy groups -OCH3 is 1. The van der Waals surface area contributed by atoms with Crippen molar-refractivity contribution < 1.29 is 14.3 Å². The molecule has 37 heavy (non-hydrogen) atoms. The van der Waals surface area contributed by atoms with Crippen LogP contribution in [0.4, 0.5) is 5.82 Å². The van der Waals surface area contributed by atoms with E-state index < -0.39 is 11.9 Å². The molecule has 1 unspecified atom stereocenters. The fourth-order valence-corrected chi connectivity index (χ4v) is 5.88. The maximum atomic E-state index is 13.5. The molecule has 2 aromatic carbocycles. The molecule has 7 nitrogen and oxygen atoms in total. The molecule has 5 rings (SSSR count). The molecular formula is C29H29N3O4S. The lowest BCUT2D eigenvalue weighted by Crippen LogP contribution is -2.37. The predicted octanol–water partition coefficient (Wildman–Crippen LogP) is 5.36. The van der Waals surface area contributed by atoms with Crippen molar-refractivity contribution in [3.05, 3.63) is 98.0 Å². The standard InChI is InChI=1S/C29H29N3O4S/c1-16-5-7-17(8-6-16)15-37-28-31-25-24(26(34)32-28)22(18-9-11-19(12-10-18)27(35)36-4)23-20(30-25)13-29(2,3)14-21(23)33/h5-12,22H,13-15H2,1-4H3,(H2,30,31,32,34). The molecule has 1 aliphatic heterocycles. The number of nitrogens with one attached hydrogen (secondary N) is 2. The second-order valence-corrected chi connectivity index (χ2v) is 11.4. The molecule has 190 valence electrons. The zero-order valence-electron chi connectivity index (χ0n) is 21.3. The van der Waals surface area contributed by atoms with E-state index >= 15 is 0 Å². The van der Waals surface area contributed by atoms with Crippen LogP contribution in [-0.4, -0.2) is 28.8 Å². The van der Waals surface area contributed by atoms with Gasteiger partial charge in [-0.1, -0.05) is 67.6 Å². The van der Waals surface area contributed by atoms with E-state index in [1.54, 1.807) is 24.3 Å². The molecule has 2 heterocycles. The normalized spacial score (nSPS) is 18.1. The molecule has 0 saturated carbocycles. The van der Waals surface area contributed by atoms with E-state index in [0.29, 0.717) is 46.3 Å². The average Bonchev–Trinajstić information content (AvgIpc) is 2.86. The van der Waals surface area contributed by atoms with Crippen LogP contribution in [0.3, 0.4) is 0 Å². The molecule has 1 aromatic heterocycles. The summed E-state index contributed by atoms with van der Waals surface area (Å²) in [7, 11) is 1.33. The van der Waals surface area contributed by atoms with Crippen LogP contribution in [0.1, 0.15) is 65.2 Å². The number of benzene rings is 2. The number of fused-ring (bicyclic) bond motifs is 1. The minimum Gasteiger partial charge on any atom is -0.465 e. The van der Waals surface area contributed by atoms with Gasteiger partial charge in [0, 0.05) is 29.4 Å². The maximum Gasteiger partial charge on any atom is 0.337 e. The third-order valence-electron chi connectivity index (χ3n) is 6.86. The summed E-state index contributed by atoms with van der Waals surface area (Å²) >= 11 is 1.46. The molecule has 2 aliphatic rings. The van der Waals surface area contributed by atoms with Crippen molar-refractivity contribution in [1.82, 2.24) is 9.97 Å². The highest BCUT2D eigenvalue weighted by atomic mass is 32.2. The third kappa shape index (κ3) is 4.98. The second kappa shape index (κ2) is 9.67. The van der Waals surface area contributed by atoms with Crippen molar-refractivity contribution >= 4 is 29.3 Å². The number of anilines is 1. The highest BCUT2D eigenvalue weighted by Crippen LogP contribution is 2.47. The number of aryl methyl sites for hydroxylation is 1. The van der Waals surface area contributed by atoms with Crippen LogP contribution in [0.2, 0.25) is 0 Å². The van der Waals surface area contributed by atoms with Crippen molar-refractivity contribution in [1.29, 1.82) is 0 Å². The molecular weight excluding hydrogens is 486 g/mol. The number of ketones is 1. The van der Waals surface area contributed by atoms with Gasteiger partial charge in [-0.2, -0.15) is 0 Å². The van der Waals surface area contributed by atoms with Gasteiger partial charge >= 0.3 is 5.97 Å². The molecule has 8 heteroatoms. The molecule has 0 spiro atoms. The van der Waals surface area contributed by atoms with Crippen molar-refractivity contribution in [2.45, 2.75) is 50.4 Å². The van der Waals surface area contributed by atoms with Crippen molar-refractivity contribution in [3.8, 4) is 0 Å². The number of Topliss-reactive ketones (excluding diaryl/α,β-unsaturated/α-hetero) is 1. The van der Waals surface area contributed by atoms with Gasteiger partial charge in [-0.25, -0.2) is 9.78 Å². The highest BCUT2D eigenvalue weighted by Gasteiger charge is 2.42. The lowest BCUT2D eigenvalue weighted by Gasteiger charge is -2.38. The number of thioether (sulfide) groups is 1. The molecule has 2 N–H and O–H groups in total. The zero-order valence-corrected chi connectivity index (χ0v) is 22.1. The minimum absolute atomic E-state index is 0.0173. The first-order valence-electron chi connectivity index (χ1n) is 12.2. The second-order valence-electron chi connectivity index (χ2n) is 10.4. The Morgan fingerprint density at radius 3 is 2.46 bits per heavy atom. The van der Waals surface area contributed by atoms with E-state index in [1.165, 1.54) is 24.4 Å². The van der Waals surface area contributed by atoms with E-state index in [1.807, 2.05) is 6.92 Å². The summed E-state index contributed by atoms with van der Waals surface area (Å²) in [5.74, 6) is 0.140. The smallest absolute Gasteiger partial charge is 0.337 e. The zero-order chi connectivity index (χ0) is 26.3. The number of H-pyrrole nitrogens is 1. The first-order chi connectivity index (χ1) is 17.6. The topological polar surface area (TPSA) is 101 Å². The Labute approximate surface area is 219 Å². The first-order valence-corrected chi connectivity index (χ1v) is 13.2. The number of nitrogens with zero attached hydrogens (tertiary/aromatic N) is 1. The summed E-state index contributed by atoms with van der Waals surface area (Å²) in [5, 5.41) is 3.87. The van der Waals surface area contributed by atoms with Gasteiger partial charge in [-0.3, -0.25) is 9.59 Å². The van der Waals surface area contributed by atoms with Crippen molar-refractivity contribution in [3.63, 3.8) is 0 Å². The summed E-state index contributed by atoms with van der Waals surface area (Å²) < 4.78 is 4.82. The number of allylic oxidation sites excluding steroid dienone is 2. The lowest BCUT2D eigenvalue weighted by molar-refractivity contribution is -0.118. The number of esters is 1. The van der Waals surface area contributed by atoms with Crippen LogP contribution in [0.25, 0.3) is 0 Å². The molecule has 0 amide bonds. The number of aromatic amines is 1. The Kier molecular flexibility index (Phi) is 6.54. The third-order valence-corrected chi connectivity index (χ3v) is 7.81. The lowest BCUT2D eigenvalue weighted by atomic mass is 9.69. The van der Waals surface area contributed by atoms with Crippen LogP contribution in [0.15, 0.2) is 69.8 Å². The summed E-state index contributed by atoms with van der Waals surface area (Å²) in [6.45, 7) is 6.19. The monoisotopic (exact) mass is 515 g/mol. The number of carbonyl (C=O) groups is 2. The van der Waals surface area contributed by atoms with E-state index in [9.17, 15) is 14.4 Å². The Bertz CT molecular complexity index is 1470. The van der Waals surface area contributed by atoms with E-state index in [2.05, 4.69) is 48.4 Å². The minimum atomic E-state index is -0.575. The molecule has 3 aromatic rings. The first kappa shape index (κ1) is 25.0. The Hall–Kier alpha value is -3.65. The SMILES string of the molecule is COC(=O)c1ccc(C2C3=C(CC(C)(C)CC3=O)Nc3nc(SCc4ccc(C)cc4)[nH]c(=O)c32)cc1. The number of carbonyl (C=O) groups excluding carboxylic acids is 2. The molecule has 0 radical (unpaired) electrons. The van der Waals surface area contributed by atoms with Gasteiger partial charge in [0.05, 0.1) is 18.2 Å². The van der Waals surface area contributed by atoms with Crippen LogP contribution < -0.4 is 10.9 Å². The summed E-state index contributed by atoms with van der Waals surface area (Å²) in [6, 6.07) is 15.1. The van der Waals surface area contributed by atoms with E-state index in [0.717, 1.165) is 16.8 Å². The quantitative estimate of drug-likeness (QED) is 0.268. The Morgan fingerprint density at radius 2 is 1.78 bits per heavy atom. The molecule has 0 saturated heterocycles.